The van der Waals surface area contributed by atoms with Crippen LogP contribution >= 0.6 is 0 Å². The van der Waals surface area contributed by atoms with Gasteiger partial charge in [-0.3, -0.25) is 14.8 Å². The maximum atomic E-state index is 13.0. The van der Waals surface area contributed by atoms with Crippen LogP contribution in [0.15, 0.2) is 43.0 Å². The third-order valence-electron chi connectivity index (χ3n) is 5.71. The van der Waals surface area contributed by atoms with Gasteiger partial charge in [0.1, 0.15) is 11.6 Å². The molecule has 2 aromatic heterocycles. The maximum Gasteiger partial charge on any atom is 0.143 e. The van der Waals surface area contributed by atoms with E-state index in [2.05, 4.69) is 24.8 Å². The van der Waals surface area contributed by atoms with Crippen molar-refractivity contribution in [2.45, 2.75) is 45.1 Å². The molecule has 0 aliphatic carbocycles. The second kappa shape index (κ2) is 9.16. The highest BCUT2D eigenvalue weighted by atomic mass is 16.3. The smallest absolute Gasteiger partial charge is 0.143 e. The Labute approximate surface area is 182 Å². The number of Topliss-reactive ketones (excluding diaryl/α,β-unsaturated/α-hetero) is 1. The van der Waals surface area contributed by atoms with Crippen molar-refractivity contribution in [2.75, 3.05) is 19.6 Å². The monoisotopic (exact) mass is 419 g/mol. The van der Waals surface area contributed by atoms with Crippen LogP contribution in [0.3, 0.4) is 0 Å². The summed E-state index contributed by atoms with van der Waals surface area (Å²) >= 11 is 0. The SMILES string of the molecule is CC(C)(O)CN1CCCC(C(=O)Cc2ncc3ccc(-c4cnccn4)cc3n2)CC1. The summed E-state index contributed by atoms with van der Waals surface area (Å²) in [5.74, 6) is 0.790. The minimum Gasteiger partial charge on any atom is -0.389 e. The van der Waals surface area contributed by atoms with Gasteiger partial charge in [0, 0.05) is 42.0 Å². The fourth-order valence-electron chi connectivity index (χ4n) is 4.24. The fourth-order valence-corrected chi connectivity index (χ4v) is 4.24. The van der Waals surface area contributed by atoms with Gasteiger partial charge in [-0.25, -0.2) is 9.97 Å². The van der Waals surface area contributed by atoms with Gasteiger partial charge in [0.25, 0.3) is 0 Å². The normalized spacial score (nSPS) is 18.1. The molecule has 1 atom stereocenters. The molecule has 0 saturated carbocycles. The predicted molar refractivity (Wildman–Crippen MR) is 119 cm³/mol. The topological polar surface area (TPSA) is 92.1 Å². The van der Waals surface area contributed by atoms with Crippen LogP contribution in [0.4, 0.5) is 0 Å². The first-order valence-corrected chi connectivity index (χ1v) is 10.9. The Morgan fingerprint density at radius 1 is 1.16 bits per heavy atom. The van der Waals surface area contributed by atoms with Crippen LogP contribution < -0.4 is 0 Å². The zero-order valence-electron chi connectivity index (χ0n) is 18.2. The molecule has 0 bridgehead atoms. The lowest BCUT2D eigenvalue weighted by atomic mass is 9.93. The van der Waals surface area contributed by atoms with Crippen LogP contribution in [0.5, 0.6) is 0 Å². The molecule has 1 aliphatic heterocycles. The van der Waals surface area contributed by atoms with Gasteiger partial charge in [-0.15, -0.1) is 0 Å². The van der Waals surface area contributed by atoms with Crippen molar-refractivity contribution in [3.8, 4) is 11.3 Å². The van der Waals surface area contributed by atoms with E-state index < -0.39 is 5.60 Å². The molecule has 162 valence electrons. The molecule has 0 radical (unpaired) electrons. The molecular formula is C24H29N5O2. The number of β-amino-alcohol motifs (C(OH)–C–C–N with tert-alkyl or cyclic N) is 1. The van der Waals surface area contributed by atoms with E-state index in [1.54, 1.807) is 24.8 Å². The minimum atomic E-state index is -0.715. The third kappa shape index (κ3) is 5.68. The Hall–Kier alpha value is -2.77. The van der Waals surface area contributed by atoms with Crippen LogP contribution in [-0.4, -0.2) is 61.0 Å². The highest BCUT2D eigenvalue weighted by molar-refractivity contribution is 5.85. The summed E-state index contributed by atoms with van der Waals surface area (Å²) in [6.07, 6.45) is 9.73. The van der Waals surface area contributed by atoms with Crippen molar-refractivity contribution in [1.82, 2.24) is 24.8 Å². The molecule has 3 aromatic rings. The van der Waals surface area contributed by atoms with Crippen molar-refractivity contribution in [2.24, 2.45) is 5.92 Å². The van der Waals surface area contributed by atoms with E-state index in [-0.39, 0.29) is 18.1 Å². The summed E-state index contributed by atoms with van der Waals surface area (Å²) < 4.78 is 0. The third-order valence-corrected chi connectivity index (χ3v) is 5.71. The maximum absolute atomic E-state index is 13.0. The Morgan fingerprint density at radius 3 is 2.81 bits per heavy atom. The molecule has 7 heteroatoms. The minimum absolute atomic E-state index is 0.0250. The number of hydrogen-bond donors (Lipinski definition) is 1. The molecule has 31 heavy (non-hydrogen) atoms. The summed E-state index contributed by atoms with van der Waals surface area (Å²) in [7, 11) is 0. The second-order valence-corrected chi connectivity index (χ2v) is 9.01. The van der Waals surface area contributed by atoms with Crippen LogP contribution in [0.2, 0.25) is 0 Å². The number of carbonyl (C=O) groups is 1. The van der Waals surface area contributed by atoms with Crippen molar-refractivity contribution in [3.63, 3.8) is 0 Å². The van der Waals surface area contributed by atoms with Crippen LogP contribution in [-0.2, 0) is 11.2 Å². The lowest BCUT2D eigenvalue weighted by Gasteiger charge is -2.27. The largest absolute Gasteiger partial charge is 0.389 e. The molecule has 7 nitrogen and oxygen atoms in total. The van der Waals surface area contributed by atoms with Gasteiger partial charge in [0.15, 0.2) is 0 Å². The molecule has 1 fully saturated rings. The van der Waals surface area contributed by atoms with Crippen LogP contribution in [0.25, 0.3) is 22.2 Å². The number of carbonyl (C=O) groups excluding carboxylic acids is 1. The summed E-state index contributed by atoms with van der Waals surface area (Å²) in [5, 5.41) is 11.0. The summed E-state index contributed by atoms with van der Waals surface area (Å²) in [5.41, 5.74) is 1.81. The predicted octanol–water partition coefficient (Wildman–Crippen LogP) is 3.07. The fraction of sp³-hybridized carbons (Fsp3) is 0.458. The number of ketones is 1. The first kappa shape index (κ1) is 21.5. The first-order valence-electron chi connectivity index (χ1n) is 10.9. The van der Waals surface area contributed by atoms with Gasteiger partial charge < -0.3 is 10.0 Å². The van der Waals surface area contributed by atoms with Crippen LogP contribution in [0, 0.1) is 5.92 Å². The average Bonchev–Trinajstić information content (AvgIpc) is 2.98. The Morgan fingerprint density at radius 2 is 2.03 bits per heavy atom. The zero-order valence-corrected chi connectivity index (χ0v) is 18.2. The zero-order chi connectivity index (χ0) is 21.8. The van der Waals surface area contributed by atoms with E-state index in [9.17, 15) is 9.90 Å². The number of aliphatic hydroxyl groups is 1. The first-order chi connectivity index (χ1) is 14.9. The van der Waals surface area contributed by atoms with E-state index in [4.69, 9.17) is 0 Å². The highest BCUT2D eigenvalue weighted by Gasteiger charge is 2.26. The molecule has 1 saturated heterocycles. The van der Waals surface area contributed by atoms with E-state index in [0.29, 0.717) is 12.4 Å². The number of nitrogens with zero attached hydrogens (tertiary/aromatic N) is 5. The lowest BCUT2D eigenvalue weighted by molar-refractivity contribution is -0.122. The quantitative estimate of drug-likeness (QED) is 0.656. The number of hydrogen-bond acceptors (Lipinski definition) is 7. The van der Waals surface area contributed by atoms with Crippen molar-refractivity contribution in [1.29, 1.82) is 0 Å². The molecule has 3 heterocycles. The number of likely N-dealkylation sites (tertiary alicyclic amines) is 1. The Kier molecular flexibility index (Phi) is 6.34. The number of benzene rings is 1. The van der Waals surface area contributed by atoms with Crippen molar-refractivity contribution in [3.05, 3.63) is 48.8 Å². The molecule has 0 amide bonds. The number of rotatable bonds is 6. The molecule has 1 unspecified atom stereocenters. The van der Waals surface area contributed by atoms with E-state index >= 15 is 0 Å². The molecule has 1 N–H and O–H groups in total. The van der Waals surface area contributed by atoms with E-state index in [1.165, 1.54) is 0 Å². The average molecular weight is 420 g/mol. The van der Waals surface area contributed by atoms with Gasteiger partial charge >= 0.3 is 0 Å². The number of aromatic nitrogens is 4. The van der Waals surface area contributed by atoms with Gasteiger partial charge in [-0.05, 0) is 52.3 Å². The molecular weight excluding hydrogens is 390 g/mol. The molecule has 1 aromatic carbocycles. The van der Waals surface area contributed by atoms with Crippen LogP contribution in [0.1, 0.15) is 38.9 Å². The van der Waals surface area contributed by atoms with Crippen molar-refractivity contribution < 1.29 is 9.90 Å². The van der Waals surface area contributed by atoms with E-state index in [0.717, 1.165) is 54.5 Å². The molecule has 1 aliphatic rings. The van der Waals surface area contributed by atoms with Gasteiger partial charge in [0.05, 0.1) is 29.4 Å². The standard InChI is InChI=1S/C24H29N5O2/c1-24(2,31)16-29-10-3-4-17(7-11-29)22(30)13-23-27-14-19-6-5-18(12-20(19)28-23)21-15-25-8-9-26-21/h5-6,8-9,12,14-15,17,31H,3-4,7,10-11,13,16H2,1-2H3. The van der Waals surface area contributed by atoms with E-state index in [1.807, 2.05) is 32.0 Å². The summed E-state index contributed by atoms with van der Waals surface area (Å²) in [4.78, 5) is 32.8. The van der Waals surface area contributed by atoms with Crippen molar-refractivity contribution >= 4 is 16.7 Å². The second-order valence-electron chi connectivity index (χ2n) is 9.01. The van der Waals surface area contributed by atoms with Gasteiger partial charge in [0.2, 0.25) is 0 Å². The highest BCUT2D eigenvalue weighted by Crippen LogP contribution is 2.23. The summed E-state index contributed by atoms with van der Waals surface area (Å²) in [6.45, 7) is 6.04. The van der Waals surface area contributed by atoms with Gasteiger partial charge in [-0.2, -0.15) is 0 Å². The Bertz CT molecular complexity index is 1050. The van der Waals surface area contributed by atoms with Gasteiger partial charge in [-0.1, -0.05) is 12.1 Å². The lowest BCUT2D eigenvalue weighted by Crippen LogP contribution is -2.39. The molecule has 0 spiro atoms. The Balaban J connectivity index is 1.44. The number of fused-ring (bicyclic) bond motifs is 1. The summed E-state index contributed by atoms with van der Waals surface area (Å²) in [6, 6.07) is 5.91. The molecule has 4 rings (SSSR count).